The van der Waals surface area contributed by atoms with Crippen LogP contribution in [-0.4, -0.2) is 14.5 Å². The molecule has 0 spiro atoms. The second-order valence-electron chi connectivity index (χ2n) is 4.16. The number of hydrogen-bond donors (Lipinski definition) is 0. The van der Waals surface area contributed by atoms with E-state index in [0.717, 1.165) is 23.4 Å². The highest BCUT2D eigenvalue weighted by Crippen LogP contribution is 2.17. The average Bonchev–Trinajstić information content (AvgIpc) is 2.44. The van der Waals surface area contributed by atoms with Crippen molar-refractivity contribution in [1.29, 1.82) is 0 Å². The van der Waals surface area contributed by atoms with E-state index in [-0.39, 0.29) is 0 Å². The van der Waals surface area contributed by atoms with E-state index in [4.69, 9.17) is 11.6 Å². The molecule has 0 bridgehead atoms. The maximum atomic E-state index is 5.85. The number of rotatable bonds is 2. The summed E-state index contributed by atoms with van der Waals surface area (Å²) in [6.07, 6.45) is 0.963. The molecule has 0 aliphatic carbocycles. The van der Waals surface area contributed by atoms with Gasteiger partial charge in [-0.15, -0.1) is 0 Å². The topological polar surface area (TPSA) is 30.7 Å². The van der Waals surface area contributed by atoms with Crippen LogP contribution in [-0.2, 0) is 13.5 Å². The van der Waals surface area contributed by atoms with Gasteiger partial charge in [0.15, 0.2) is 5.65 Å². The molecule has 0 fully saturated rings. The fraction of sp³-hybridized carbons (Fsp3) is 0.455. The van der Waals surface area contributed by atoms with Gasteiger partial charge in [-0.2, -0.15) is 0 Å². The van der Waals surface area contributed by atoms with Gasteiger partial charge in [0.05, 0.1) is 0 Å². The molecule has 0 aromatic carbocycles. The number of halogens is 1. The highest BCUT2D eigenvalue weighted by molar-refractivity contribution is 6.29. The van der Waals surface area contributed by atoms with Crippen LogP contribution in [0, 0.1) is 5.92 Å². The number of nitrogens with zero attached hydrogens (tertiary/aromatic N) is 3. The Balaban J connectivity index is 2.54. The van der Waals surface area contributed by atoms with Crippen LogP contribution in [0.2, 0.25) is 5.15 Å². The number of hydrogen-bond acceptors (Lipinski definition) is 2. The van der Waals surface area contributed by atoms with E-state index in [9.17, 15) is 0 Å². The van der Waals surface area contributed by atoms with E-state index in [0.29, 0.717) is 11.1 Å². The Morgan fingerprint density at radius 1 is 1.33 bits per heavy atom. The van der Waals surface area contributed by atoms with Gasteiger partial charge in [0, 0.05) is 13.5 Å². The summed E-state index contributed by atoms with van der Waals surface area (Å²) in [5, 5.41) is 0.515. The third kappa shape index (κ3) is 1.97. The maximum Gasteiger partial charge on any atom is 0.161 e. The summed E-state index contributed by atoms with van der Waals surface area (Å²) < 4.78 is 2.02. The second-order valence-corrected chi connectivity index (χ2v) is 4.55. The summed E-state index contributed by atoms with van der Waals surface area (Å²) in [5.41, 5.74) is 1.77. The summed E-state index contributed by atoms with van der Waals surface area (Å²) >= 11 is 5.85. The van der Waals surface area contributed by atoms with Gasteiger partial charge >= 0.3 is 0 Å². The molecule has 80 valence electrons. The van der Waals surface area contributed by atoms with E-state index in [1.165, 1.54) is 0 Å². The summed E-state index contributed by atoms with van der Waals surface area (Å²) in [6, 6.07) is 3.69. The third-order valence-electron chi connectivity index (χ3n) is 2.37. The molecule has 15 heavy (non-hydrogen) atoms. The molecule has 0 N–H and O–H groups in total. The molecule has 4 heteroatoms. The van der Waals surface area contributed by atoms with E-state index >= 15 is 0 Å². The minimum Gasteiger partial charge on any atom is -0.316 e. The summed E-state index contributed by atoms with van der Waals surface area (Å²) in [7, 11) is 1.98. The van der Waals surface area contributed by atoms with Crippen molar-refractivity contribution in [2.45, 2.75) is 20.3 Å². The van der Waals surface area contributed by atoms with E-state index in [1.54, 1.807) is 6.07 Å². The predicted molar refractivity (Wildman–Crippen MR) is 62.1 cm³/mol. The molecule has 3 nitrogen and oxygen atoms in total. The van der Waals surface area contributed by atoms with Crippen molar-refractivity contribution in [2.24, 2.45) is 13.0 Å². The zero-order valence-corrected chi connectivity index (χ0v) is 9.91. The monoisotopic (exact) mass is 223 g/mol. The second kappa shape index (κ2) is 3.81. The Morgan fingerprint density at radius 3 is 2.73 bits per heavy atom. The molecule has 0 amide bonds. The van der Waals surface area contributed by atoms with Gasteiger partial charge in [-0.25, -0.2) is 9.97 Å². The van der Waals surface area contributed by atoms with E-state index < -0.39 is 0 Å². The largest absolute Gasteiger partial charge is 0.316 e. The smallest absolute Gasteiger partial charge is 0.161 e. The highest BCUT2D eigenvalue weighted by atomic mass is 35.5. The minimum atomic E-state index is 0.515. The lowest BCUT2D eigenvalue weighted by Gasteiger charge is -2.03. The molecule has 2 rings (SSSR count). The predicted octanol–water partition coefficient (Wildman–Crippen LogP) is 2.82. The number of pyridine rings is 1. The lowest BCUT2D eigenvalue weighted by Crippen LogP contribution is -2.02. The van der Waals surface area contributed by atoms with Crippen LogP contribution in [0.4, 0.5) is 0 Å². The molecule has 0 saturated heterocycles. The first-order chi connectivity index (χ1) is 7.08. The fourth-order valence-electron chi connectivity index (χ4n) is 1.64. The Morgan fingerprint density at radius 2 is 2.07 bits per heavy atom. The third-order valence-corrected chi connectivity index (χ3v) is 2.58. The van der Waals surface area contributed by atoms with Gasteiger partial charge in [0.2, 0.25) is 0 Å². The molecule has 0 saturated carbocycles. The van der Waals surface area contributed by atoms with Crippen molar-refractivity contribution < 1.29 is 0 Å². The zero-order valence-electron chi connectivity index (χ0n) is 9.16. The standard InChI is InChI=1S/C11H14ClN3/c1-7(2)6-10-13-8-4-5-9(12)14-11(8)15(10)3/h4-5,7H,6H2,1-3H3. The van der Waals surface area contributed by atoms with E-state index in [1.807, 2.05) is 17.7 Å². The molecular formula is C11H14ClN3. The summed E-state index contributed by atoms with van der Waals surface area (Å²) in [4.78, 5) is 8.80. The van der Waals surface area contributed by atoms with Crippen LogP contribution >= 0.6 is 11.6 Å². The van der Waals surface area contributed by atoms with Crippen LogP contribution in [0.3, 0.4) is 0 Å². The van der Waals surface area contributed by atoms with Crippen LogP contribution < -0.4 is 0 Å². The van der Waals surface area contributed by atoms with Crippen molar-refractivity contribution in [3.63, 3.8) is 0 Å². The molecule has 0 aliphatic rings. The number of aryl methyl sites for hydroxylation is 1. The Hall–Kier alpha value is -1.09. The molecule has 2 aromatic rings. The number of fused-ring (bicyclic) bond motifs is 1. The molecule has 2 aromatic heterocycles. The molecule has 0 aliphatic heterocycles. The normalized spacial score (nSPS) is 11.5. The van der Waals surface area contributed by atoms with Gasteiger partial charge in [0.25, 0.3) is 0 Å². The summed E-state index contributed by atoms with van der Waals surface area (Å²) in [6.45, 7) is 4.36. The maximum absolute atomic E-state index is 5.85. The summed E-state index contributed by atoms with van der Waals surface area (Å²) in [5.74, 6) is 1.66. The lowest BCUT2D eigenvalue weighted by molar-refractivity contribution is 0.605. The van der Waals surface area contributed by atoms with Gasteiger partial charge < -0.3 is 4.57 Å². The first-order valence-corrected chi connectivity index (χ1v) is 5.43. The highest BCUT2D eigenvalue weighted by Gasteiger charge is 2.10. The lowest BCUT2D eigenvalue weighted by atomic mass is 10.1. The molecule has 0 unspecified atom stereocenters. The molecule has 2 heterocycles. The average molecular weight is 224 g/mol. The zero-order chi connectivity index (χ0) is 11.0. The van der Waals surface area contributed by atoms with Gasteiger partial charge in [-0.05, 0) is 18.1 Å². The van der Waals surface area contributed by atoms with Gasteiger partial charge in [-0.3, -0.25) is 0 Å². The van der Waals surface area contributed by atoms with Crippen molar-refractivity contribution in [3.8, 4) is 0 Å². The van der Waals surface area contributed by atoms with Crippen LogP contribution in [0.5, 0.6) is 0 Å². The molecular weight excluding hydrogens is 210 g/mol. The quantitative estimate of drug-likeness (QED) is 0.733. The van der Waals surface area contributed by atoms with Crippen molar-refractivity contribution in [1.82, 2.24) is 14.5 Å². The first kappa shape index (κ1) is 10.4. The van der Waals surface area contributed by atoms with Crippen molar-refractivity contribution in [2.75, 3.05) is 0 Å². The molecule has 0 radical (unpaired) electrons. The Kier molecular flexibility index (Phi) is 2.65. The Labute approximate surface area is 94.1 Å². The number of aromatic nitrogens is 3. The van der Waals surface area contributed by atoms with Crippen molar-refractivity contribution in [3.05, 3.63) is 23.1 Å². The Bertz CT molecular complexity index is 488. The van der Waals surface area contributed by atoms with Crippen LogP contribution in [0.1, 0.15) is 19.7 Å². The SMILES string of the molecule is CC(C)Cc1nc2ccc(Cl)nc2n1C. The van der Waals surface area contributed by atoms with E-state index in [2.05, 4.69) is 23.8 Å². The van der Waals surface area contributed by atoms with Crippen LogP contribution in [0.25, 0.3) is 11.2 Å². The molecule has 0 atom stereocenters. The van der Waals surface area contributed by atoms with Gasteiger partial charge in [0.1, 0.15) is 16.5 Å². The minimum absolute atomic E-state index is 0.515. The first-order valence-electron chi connectivity index (χ1n) is 5.06. The van der Waals surface area contributed by atoms with Gasteiger partial charge in [-0.1, -0.05) is 25.4 Å². The van der Waals surface area contributed by atoms with Crippen molar-refractivity contribution >= 4 is 22.8 Å². The number of imidazole rings is 1. The fourth-order valence-corrected chi connectivity index (χ4v) is 1.78. The van der Waals surface area contributed by atoms with Crippen LogP contribution in [0.15, 0.2) is 12.1 Å².